The molecular weight excluding hydrogens is 247 g/mol. The minimum Gasteiger partial charge on any atom is -0.505 e. The Labute approximate surface area is 97.9 Å². The van der Waals surface area contributed by atoms with Crippen molar-refractivity contribution in [3.05, 3.63) is 17.9 Å². The number of hydrogen-bond acceptors (Lipinski definition) is 4. The Bertz CT molecular complexity index is 587. The van der Waals surface area contributed by atoms with Crippen LogP contribution in [-0.4, -0.2) is 26.2 Å². The molecule has 92 valence electrons. The van der Waals surface area contributed by atoms with Gasteiger partial charge < -0.3 is 10.0 Å². The standard InChI is InChI=1S/C10H11FN2O3S/c11-6-4-7-9(5-8(6)14)17(15,16)12-10-2-1-3-13(7)10/h4-5,10,12,14H,1-3H2. The van der Waals surface area contributed by atoms with Gasteiger partial charge in [0.2, 0.25) is 10.0 Å². The summed E-state index contributed by atoms with van der Waals surface area (Å²) in [6.45, 7) is 0.685. The molecule has 1 atom stereocenters. The highest BCUT2D eigenvalue weighted by Crippen LogP contribution is 2.38. The molecule has 2 aliphatic heterocycles. The zero-order valence-electron chi connectivity index (χ0n) is 8.85. The predicted octanol–water partition coefficient (Wildman–Crippen LogP) is 0.749. The molecule has 2 heterocycles. The van der Waals surface area contributed by atoms with E-state index in [0.717, 1.165) is 18.6 Å². The van der Waals surface area contributed by atoms with Crippen molar-refractivity contribution >= 4 is 15.7 Å². The number of nitrogens with one attached hydrogen (secondary N) is 1. The van der Waals surface area contributed by atoms with Crippen LogP contribution in [0.4, 0.5) is 10.1 Å². The van der Waals surface area contributed by atoms with E-state index in [1.54, 1.807) is 0 Å². The molecule has 17 heavy (non-hydrogen) atoms. The van der Waals surface area contributed by atoms with Crippen molar-refractivity contribution < 1.29 is 17.9 Å². The van der Waals surface area contributed by atoms with Crippen LogP contribution in [0.1, 0.15) is 12.8 Å². The summed E-state index contributed by atoms with van der Waals surface area (Å²) in [6.07, 6.45) is 1.27. The molecule has 0 radical (unpaired) electrons. The van der Waals surface area contributed by atoms with Gasteiger partial charge in [-0.1, -0.05) is 0 Å². The van der Waals surface area contributed by atoms with Gasteiger partial charge in [-0.15, -0.1) is 0 Å². The Morgan fingerprint density at radius 1 is 1.47 bits per heavy atom. The normalized spacial score (nSPS) is 25.5. The van der Waals surface area contributed by atoms with Gasteiger partial charge in [0.1, 0.15) is 4.90 Å². The number of hydrogen-bond donors (Lipinski definition) is 2. The largest absolute Gasteiger partial charge is 0.505 e. The number of aromatic hydroxyl groups is 1. The van der Waals surface area contributed by atoms with Crippen LogP contribution in [0.25, 0.3) is 0 Å². The second-order valence-electron chi connectivity index (χ2n) is 4.24. The van der Waals surface area contributed by atoms with Gasteiger partial charge in [0.25, 0.3) is 0 Å². The van der Waals surface area contributed by atoms with Crippen LogP contribution in [0.2, 0.25) is 0 Å². The van der Waals surface area contributed by atoms with Crippen LogP contribution in [0.3, 0.4) is 0 Å². The average Bonchev–Trinajstić information content (AvgIpc) is 2.68. The molecule has 0 aliphatic carbocycles. The zero-order valence-corrected chi connectivity index (χ0v) is 9.67. The Kier molecular flexibility index (Phi) is 2.11. The maximum Gasteiger partial charge on any atom is 0.244 e. The third-order valence-electron chi connectivity index (χ3n) is 3.17. The molecule has 5 nitrogen and oxygen atoms in total. The molecule has 0 saturated carbocycles. The van der Waals surface area contributed by atoms with E-state index in [4.69, 9.17) is 0 Å². The Hall–Kier alpha value is -1.34. The van der Waals surface area contributed by atoms with E-state index in [2.05, 4.69) is 4.72 Å². The van der Waals surface area contributed by atoms with Crippen LogP contribution in [0.15, 0.2) is 17.0 Å². The lowest BCUT2D eigenvalue weighted by molar-refractivity contribution is 0.429. The highest BCUT2D eigenvalue weighted by Gasteiger charge is 2.38. The lowest BCUT2D eigenvalue weighted by Crippen LogP contribution is -2.48. The van der Waals surface area contributed by atoms with Crippen LogP contribution < -0.4 is 9.62 Å². The average molecular weight is 258 g/mol. The number of anilines is 1. The van der Waals surface area contributed by atoms with Gasteiger partial charge in [-0.3, -0.25) is 0 Å². The van der Waals surface area contributed by atoms with E-state index in [-0.39, 0.29) is 11.1 Å². The first-order chi connectivity index (χ1) is 7.99. The maximum absolute atomic E-state index is 13.3. The molecule has 0 spiro atoms. The number of benzene rings is 1. The number of phenols is 1. The minimum absolute atomic E-state index is 0.0606. The van der Waals surface area contributed by atoms with Gasteiger partial charge in [-0.25, -0.2) is 12.8 Å². The molecule has 3 rings (SSSR count). The second-order valence-corrected chi connectivity index (χ2v) is 5.93. The SMILES string of the molecule is O=S1(=O)NC2CCCN2c2cc(F)c(O)cc21. The zero-order chi connectivity index (χ0) is 12.2. The quantitative estimate of drug-likeness (QED) is 0.720. The summed E-state index contributed by atoms with van der Waals surface area (Å²) < 4.78 is 39.7. The van der Waals surface area contributed by atoms with Gasteiger partial charge >= 0.3 is 0 Å². The summed E-state index contributed by atoms with van der Waals surface area (Å²) in [5.74, 6) is -1.45. The van der Waals surface area contributed by atoms with E-state index >= 15 is 0 Å². The van der Waals surface area contributed by atoms with Gasteiger partial charge in [0.15, 0.2) is 11.6 Å². The molecule has 2 aliphatic rings. The number of sulfonamides is 1. The van der Waals surface area contributed by atoms with E-state index in [1.165, 1.54) is 0 Å². The van der Waals surface area contributed by atoms with Crippen molar-refractivity contribution in [3.8, 4) is 5.75 Å². The number of fused-ring (bicyclic) bond motifs is 3. The third-order valence-corrected chi connectivity index (χ3v) is 4.66. The third kappa shape index (κ3) is 1.49. The summed E-state index contributed by atoms with van der Waals surface area (Å²) in [5, 5.41) is 9.26. The summed E-state index contributed by atoms with van der Waals surface area (Å²) in [4.78, 5) is 1.76. The van der Waals surface area contributed by atoms with E-state index in [1.807, 2.05) is 4.90 Å². The van der Waals surface area contributed by atoms with E-state index in [0.29, 0.717) is 18.7 Å². The van der Waals surface area contributed by atoms with Gasteiger partial charge in [0.05, 0.1) is 11.9 Å². The molecule has 1 saturated heterocycles. The van der Waals surface area contributed by atoms with Gasteiger partial charge in [-0.05, 0) is 12.8 Å². The molecule has 7 heteroatoms. The van der Waals surface area contributed by atoms with Crippen molar-refractivity contribution in [2.45, 2.75) is 23.9 Å². The molecule has 0 bridgehead atoms. The lowest BCUT2D eigenvalue weighted by Gasteiger charge is -2.33. The summed E-state index contributed by atoms with van der Waals surface area (Å²) >= 11 is 0. The fourth-order valence-corrected chi connectivity index (χ4v) is 3.84. The first kappa shape index (κ1) is 10.8. The fraction of sp³-hybridized carbons (Fsp3) is 0.400. The highest BCUT2D eigenvalue weighted by molar-refractivity contribution is 7.89. The first-order valence-corrected chi connectivity index (χ1v) is 6.79. The Balaban J connectivity index is 2.26. The van der Waals surface area contributed by atoms with Crippen LogP contribution >= 0.6 is 0 Å². The molecule has 1 fully saturated rings. The topological polar surface area (TPSA) is 69.6 Å². The van der Waals surface area contributed by atoms with Crippen LogP contribution in [-0.2, 0) is 10.0 Å². The number of halogens is 1. The van der Waals surface area contributed by atoms with Crippen molar-refractivity contribution in [2.24, 2.45) is 0 Å². The summed E-state index contributed by atoms with van der Waals surface area (Å²) in [6, 6.07) is 2.04. The monoisotopic (exact) mass is 258 g/mol. The highest BCUT2D eigenvalue weighted by atomic mass is 32.2. The molecule has 0 amide bonds. The van der Waals surface area contributed by atoms with Crippen molar-refractivity contribution in [1.29, 1.82) is 0 Å². The number of rotatable bonds is 0. The molecule has 1 unspecified atom stereocenters. The van der Waals surface area contributed by atoms with Gasteiger partial charge in [0, 0.05) is 18.7 Å². The van der Waals surface area contributed by atoms with Crippen LogP contribution in [0.5, 0.6) is 5.75 Å². The van der Waals surface area contributed by atoms with E-state index < -0.39 is 21.6 Å². The fourth-order valence-electron chi connectivity index (χ4n) is 2.39. The first-order valence-electron chi connectivity index (χ1n) is 5.30. The molecule has 2 N–H and O–H groups in total. The smallest absolute Gasteiger partial charge is 0.244 e. The van der Waals surface area contributed by atoms with E-state index in [9.17, 15) is 17.9 Å². The van der Waals surface area contributed by atoms with Crippen molar-refractivity contribution in [3.63, 3.8) is 0 Å². The Morgan fingerprint density at radius 2 is 2.24 bits per heavy atom. The lowest BCUT2D eigenvalue weighted by atomic mass is 10.2. The minimum atomic E-state index is -3.65. The second kappa shape index (κ2) is 3.33. The number of phenolic OH excluding ortho intramolecular Hbond substituents is 1. The Morgan fingerprint density at radius 3 is 3.00 bits per heavy atom. The molecule has 1 aromatic rings. The van der Waals surface area contributed by atoms with Crippen molar-refractivity contribution in [1.82, 2.24) is 4.72 Å². The van der Waals surface area contributed by atoms with Gasteiger partial charge in [-0.2, -0.15) is 4.72 Å². The van der Waals surface area contributed by atoms with Crippen molar-refractivity contribution in [2.75, 3.05) is 11.4 Å². The molecule has 1 aromatic carbocycles. The predicted molar refractivity (Wildman–Crippen MR) is 58.8 cm³/mol. The maximum atomic E-state index is 13.3. The molecule has 0 aromatic heterocycles. The number of nitrogens with zero attached hydrogens (tertiary/aromatic N) is 1. The van der Waals surface area contributed by atoms with Crippen LogP contribution in [0, 0.1) is 5.82 Å². The summed E-state index contributed by atoms with van der Waals surface area (Å²) in [5.41, 5.74) is 0.335. The molecular formula is C10H11FN2O3S. The summed E-state index contributed by atoms with van der Waals surface area (Å²) in [7, 11) is -3.65.